The number of aliphatic imine (C=N–C) groups is 1. The first-order valence-corrected chi connectivity index (χ1v) is 8.91. The molecule has 0 amide bonds. The van der Waals surface area contributed by atoms with E-state index in [1.54, 1.807) is 31.5 Å². The summed E-state index contributed by atoms with van der Waals surface area (Å²) in [7, 11) is 1.68. The van der Waals surface area contributed by atoms with Crippen molar-refractivity contribution in [3.8, 4) is 11.5 Å². The number of phenols is 1. The summed E-state index contributed by atoms with van der Waals surface area (Å²) in [5.41, 5.74) is 1.84. The second-order valence-corrected chi connectivity index (χ2v) is 6.67. The van der Waals surface area contributed by atoms with E-state index in [-0.39, 0.29) is 11.8 Å². The van der Waals surface area contributed by atoms with E-state index in [0.717, 1.165) is 18.8 Å². The lowest BCUT2D eigenvalue weighted by Gasteiger charge is -2.26. The van der Waals surface area contributed by atoms with E-state index in [9.17, 15) is 5.11 Å². The van der Waals surface area contributed by atoms with Gasteiger partial charge in [-0.2, -0.15) is 0 Å². The van der Waals surface area contributed by atoms with Crippen molar-refractivity contribution in [2.45, 2.75) is 18.9 Å². The van der Waals surface area contributed by atoms with Gasteiger partial charge in [-0.25, -0.2) is 0 Å². The van der Waals surface area contributed by atoms with Crippen molar-refractivity contribution in [3.63, 3.8) is 0 Å². The van der Waals surface area contributed by atoms with Crippen LogP contribution in [0, 0.1) is 0 Å². The van der Waals surface area contributed by atoms with Crippen LogP contribution in [-0.4, -0.2) is 43.0 Å². The predicted molar refractivity (Wildman–Crippen MR) is 102 cm³/mol. The Morgan fingerprint density at radius 1 is 1.24 bits per heavy atom. The third-order valence-corrected chi connectivity index (χ3v) is 4.79. The zero-order valence-electron chi connectivity index (χ0n) is 14.4. The minimum atomic E-state index is 0.187. The van der Waals surface area contributed by atoms with Gasteiger partial charge in [0.2, 0.25) is 0 Å². The molecule has 4 nitrogen and oxygen atoms in total. The molecule has 1 aliphatic heterocycles. The maximum atomic E-state index is 9.92. The number of halogens is 1. The Labute approximate surface area is 153 Å². The average Bonchev–Trinajstić information content (AvgIpc) is 3.16. The molecule has 2 aromatic carbocycles. The highest BCUT2D eigenvalue weighted by Crippen LogP contribution is 2.28. The zero-order valence-corrected chi connectivity index (χ0v) is 15.1. The molecular formula is C20H23ClN2O2. The number of ether oxygens (including phenoxy) is 1. The molecule has 25 heavy (non-hydrogen) atoms. The minimum Gasteiger partial charge on any atom is -0.507 e. The highest BCUT2D eigenvalue weighted by Gasteiger charge is 2.23. The summed E-state index contributed by atoms with van der Waals surface area (Å²) in [5, 5.41) is 10.5. The van der Waals surface area contributed by atoms with Gasteiger partial charge in [0.25, 0.3) is 0 Å². The van der Waals surface area contributed by atoms with Gasteiger partial charge < -0.3 is 9.84 Å². The molecule has 0 spiro atoms. The highest BCUT2D eigenvalue weighted by atomic mass is 35.5. The molecule has 0 unspecified atom stereocenters. The van der Waals surface area contributed by atoms with Crippen LogP contribution in [0.3, 0.4) is 0 Å². The van der Waals surface area contributed by atoms with Crippen LogP contribution in [0.1, 0.15) is 30.0 Å². The van der Waals surface area contributed by atoms with Gasteiger partial charge in [-0.05, 0) is 61.8 Å². The number of hydrogen-bond acceptors (Lipinski definition) is 4. The van der Waals surface area contributed by atoms with Crippen LogP contribution in [0.2, 0.25) is 5.02 Å². The van der Waals surface area contributed by atoms with E-state index in [0.29, 0.717) is 17.1 Å². The Morgan fingerprint density at radius 3 is 2.80 bits per heavy atom. The summed E-state index contributed by atoms with van der Waals surface area (Å²) in [6, 6.07) is 13.3. The van der Waals surface area contributed by atoms with Gasteiger partial charge in [0.05, 0.1) is 19.7 Å². The molecule has 1 heterocycles. The van der Waals surface area contributed by atoms with Gasteiger partial charge in [0.15, 0.2) is 0 Å². The molecule has 2 aromatic rings. The van der Waals surface area contributed by atoms with E-state index in [1.807, 2.05) is 12.1 Å². The normalized spacial score (nSPS) is 16.4. The molecule has 0 radical (unpaired) electrons. The van der Waals surface area contributed by atoms with Gasteiger partial charge in [-0.3, -0.25) is 9.89 Å². The van der Waals surface area contributed by atoms with Gasteiger partial charge >= 0.3 is 0 Å². The van der Waals surface area contributed by atoms with Crippen LogP contribution in [0.4, 0.5) is 0 Å². The van der Waals surface area contributed by atoms with Crippen LogP contribution >= 0.6 is 11.6 Å². The number of benzene rings is 2. The topological polar surface area (TPSA) is 45.1 Å². The second kappa shape index (κ2) is 8.37. The fourth-order valence-corrected chi connectivity index (χ4v) is 3.39. The molecule has 0 aliphatic carbocycles. The largest absolute Gasteiger partial charge is 0.507 e. The lowest BCUT2D eigenvalue weighted by molar-refractivity contribution is 0.251. The summed E-state index contributed by atoms with van der Waals surface area (Å²) < 4.78 is 5.37. The van der Waals surface area contributed by atoms with Gasteiger partial charge in [0.1, 0.15) is 11.5 Å². The Balaban J connectivity index is 1.80. The highest BCUT2D eigenvalue weighted by molar-refractivity contribution is 6.30. The molecule has 1 N–H and O–H groups in total. The summed E-state index contributed by atoms with van der Waals surface area (Å²) >= 11 is 6.00. The van der Waals surface area contributed by atoms with Crippen LogP contribution in [-0.2, 0) is 0 Å². The molecule has 0 saturated carbocycles. The van der Waals surface area contributed by atoms with Crippen LogP contribution in [0.25, 0.3) is 0 Å². The monoisotopic (exact) mass is 358 g/mol. The number of likely N-dealkylation sites (tertiary alicyclic amines) is 1. The minimum absolute atomic E-state index is 0.187. The number of rotatable bonds is 6. The van der Waals surface area contributed by atoms with Crippen molar-refractivity contribution in [1.82, 2.24) is 4.90 Å². The number of nitrogens with zero attached hydrogens (tertiary/aromatic N) is 2. The van der Waals surface area contributed by atoms with Gasteiger partial charge in [-0.1, -0.05) is 23.7 Å². The fraction of sp³-hybridized carbons (Fsp3) is 0.350. The van der Waals surface area contributed by atoms with E-state index < -0.39 is 0 Å². The molecule has 1 saturated heterocycles. The second-order valence-electron chi connectivity index (χ2n) is 6.23. The Morgan fingerprint density at radius 2 is 2.04 bits per heavy atom. The maximum Gasteiger partial charge on any atom is 0.124 e. The third kappa shape index (κ3) is 4.53. The number of aromatic hydroxyl groups is 1. The zero-order chi connectivity index (χ0) is 17.6. The first-order chi connectivity index (χ1) is 12.2. The standard InChI is InChI=1S/C20H23ClN2O2/c1-25-18-6-4-5-15(12-18)19(23-9-2-3-10-23)14-22-13-16-11-17(21)7-8-20(16)24/h4-8,11-13,19,24H,2-3,9-10,14H2,1H3/t19-/m0/s1. The Kier molecular flexibility index (Phi) is 5.95. The van der Waals surface area contributed by atoms with Crippen LogP contribution in [0.5, 0.6) is 11.5 Å². The SMILES string of the molecule is COc1cccc([C@H](CN=Cc2cc(Cl)ccc2O)N2CCCC2)c1. The summed E-state index contributed by atoms with van der Waals surface area (Å²) in [4.78, 5) is 7.06. The molecule has 1 atom stereocenters. The van der Waals surface area contributed by atoms with Crippen molar-refractivity contribution in [2.75, 3.05) is 26.7 Å². The van der Waals surface area contributed by atoms with Crippen molar-refractivity contribution in [1.29, 1.82) is 0 Å². The molecule has 0 aromatic heterocycles. The smallest absolute Gasteiger partial charge is 0.124 e. The molecule has 3 rings (SSSR count). The van der Waals surface area contributed by atoms with Gasteiger partial charge in [-0.15, -0.1) is 0 Å². The summed E-state index contributed by atoms with van der Waals surface area (Å²) in [6.07, 6.45) is 4.14. The first kappa shape index (κ1) is 17.8. The third-order valence-electron chi connectivity index (χ3n) is 4.56. The van der Waals surface area contributed by atoms with Crippen molar-refractivity contribution in [3.05, 3.63) is 58.6 Å². The number of methoxy groups -OCH3 is 1. The first-order valence-electron chi connectivity index (χ1n) is 8.54. The lowest BCUT2D eigenvalue weighted by atomic mass is 10.1. The van der Waals surface area contributed by atoms with Crippen molar-refractivity contribution < 1.29 is 9.84 Å². The summed E-state index contributed by atoms with van der Waals surface area (Å²) in [6.45, 7) is 2.79. The quantitative estimate of drug-likeness (QED) is 0.782. The van der Waals surface area contributed by atoms with Gasteiger partial charge in [0, 0.05) is 16.8 Å². The van der Waals surface area contributed by atoms with Crippen LogP contribution in [0.15, 0.2) is 47.5 Å². The van der Waals surface area contributed by atoms with Crippen LogP contribution < -0.4 is 4.74 Å². The van der Waals surface area contributed by atoms with Crippen molar-refractivity contribution in [2.24, 2.45) is 4.99 Å². The molecular weight excluding hydrogens is 336 g/mol. The van der Waals surface area contributed by atoms with Crippen molar-refractivity contribution >= 4 is 17.8 Å². The maximum absolute atomic E-state index is 9.92. The van der Waals surface area contributed by atoms with E-state index in [4.69, 9.17) is 16.3 Å². The molecule has 1 aliphatic rings. The fourth-order valence-electron chi connectivity index (χ4n) is 3.21. The lowest BCUT2D eigenvalue weighted by Crippen LogP contribution is -2.27. The number of phenolic OH excluding ortho intramolecular Hbond substituents is 1. The number of hydrogen-bond donors (Lipinski definition) is 1. The summed E-state index contributed by atoms with van der Waals surface area (Å²) in [5.74, 6) is 1.05. The Bertz CT molecular complexity index is 742. The molecule has 132 valence electrons. The molecule has 1 fully saturated rings. The van der Waals surface area contributed by atoms with E-state index in [2.05, 4.69) is 22.0 Å². The van der Waals surface area contributed by atoms with E-state index in [1.165, 1.54) is 18.4 Å². The molecule has 0 bridgehead atoms. The predicted octanol–water partition coefficient (Wildman–Crippen LogP) is 4.31. The van der Waals surface area contributed by atoms with E-state index >= 15 is 0 Å². The Hall–Kier alpha value is -2.04. The average molecular weight is 359 g/mol. The molecule has 5 heteroatoms.